The summed E-state index contributed by atoms with van der Waals surface area (Å²) in [5.41, 5.74) is 1.92. The van der Waals surface area contributed by atoms with Crippen molar-refractivity contribution in [1.29, 1.82) is 0 Å². The van der Waals surface area contributed by atoms with E-state index in [9.17, 15) is 14.3 Å². The van der Waals surface area contributed by atoms with Crippen LogP contribution < -0.4 is 10.1 Å². The number of ether oxygens (including phenoxy) is 2. The second-order valence-corrected chi connectivity index (χ2v) is 7.67. The van der Waals surface area contributed by atoms with Crippen molar-refractivity contribution in [3.05, 3.63) is 53.8 Å². The average Bonchev–Trinajstić information content (AvgIpc) is 2.72. The van der Waals surface area contributed by atoms with E-state index < -0.39 is 11.5 Å². The van der Waals surface area contributed by atoms with Crippen LogP contribution in [0.1, 0.15) is 25.3 Å². The highest BCUT2D eigenvalue weighted by Gasteiger charge is 2.40. The van der Waals surface area contributed by atoms with Crippen molar-refractivity contribution in [2.75, 3.05) is 26.9 Å². The summed E-state index contributed by atoms with van der Waals surface area (Å²) in [6, 6.07) is 12.2. The number of halogens is 1. The smallest absolute Gasteiger partial charge is 0.226 e. The molecule has 3 rings (SSSR count). The van der Waals surface area contributed by atoms with Crippen LogP contribution in [-0.4, -0.2) is 44.0 Å². The fraction of sp³-hybridized carbons (Fsp3) is 0.435. The molecule has 1 aliphatic rings. The quantitative estimate of drug-likeness (QED) is 0.747. The van der Waals surface area contributed by atoms with Gasteiger partial charge in [0, 0.05) is 25.3 Å². The lowest BCUT2D eigenvalue weighted by atomic mass is 9.74. The molecule has 1 fully saturated rings. The maximum absolute atomic E-state index is 13.8. The molecule has 0 aliphatic carbocycles. The SMILES string of the molecule is COc1ccc(F)cc1-c1cccc(CC2(C(=O)NC[C@@H](C)O)CCOCC2)c1. The molecule has 2 aromatic carbocycles. The lowest BCUT2D eigenvalue weighted by Crippen LogP contribution is -2.47. The van der Waals surface area contributed by atoms with E-state index in [2.05, 4.69) is 5.32 Å². The summed E-state index contributed by atoms with van der Waals surface area (Å²) in [7, 11) is 1.56. The van der Waals surface area contributed by atoms with Crippen LogP contribution in [0.2, 0.25) is 0 Å². The van der Waals surface area contributed by atoms with Crippen LogP contribution >= 0.6 is 0 Å². The molecule has 0 bridgehead atoms. The molecule has 6 heteroatoms. The molecule has 5 nitrogen and oxygen atoms in total. The summed E-state index contributed by atoms with van der Waals surface area (Å²) >= 11 is 0. The van der Waals surface area contributed by atoms with Crippen molar-refractivity contribution in [1.82, 2.24) is 5.32 Å². The zero-order valence-corrected chi connectivity index (χ0v) is 16.9. The molecule has 1 saturated heterocycles. The van der Waals surface area contributed by atoms with E-state index in [1.54, 1.807) is 20.1 Å². The first-order valence-electron chi connectivity index (χ1n) is 9.90. The van der Waals surface area contributed by atoms with Gasteiger partial charge >= 0.3 is 0 Å². The second-order valence-electron chi connectivity index (χ2n) is 7.67. The van der Waals surface area contributed by atoms with Crippen LogP contribution in [0.15, 0.2) is 42.5 Å². The summed E-state index contributed by atoms with van der Waals surface area (Å²) in [6.07, 6.45) is 1.19. The van der Waals surface area contributed by atoms with Crippen molar-refractivity contribution in [3.63, 3.8) is 0 Å². The van der Waals surface area contributed by atoms with Gasteiger partial charge in [0.15, 0.2) is 0 Å². The molecule has 156 valence electrons. The standard InChI is InChI=1S/C23H28FNO4/c1-16(26)15-25-22(27)23(8-10-29-11-9-23)14-17-4-3-5-18(12-17)20-13-19(24)6-7-21(20)28-2/h3-7,12-13,16,26H,8-11,14-15H2,1-2H3,(H,25,27)/t16-/m1/s1. The summed E-state index contributed by atoms with van der Waals surface area (Å²) in [5, 5.41) is 12.4. The van der Waals surface area contributed by atoms with Gasteiger partial charge in [-0.25, -0.2) is 4.39 Å². The third kappa shape index (κ3) is 5.14. The predicted molar refractivity (Wildman–Crippen MR) is 109 cm³/mol. The lowest BCUT2D eigenvalue weighted by molar-refractivity contribution is -0.137. The van der Waals surface area contributed by atoms with Gasteiger partial charge in [-0.2, -0.15) is 0 Å². The van der Waals surface area contributed by atoms with Crippen molar-refractivity contribution < 1.29 is 23.8 Å². The molecular weight excluding hydrogens is 373 g/mol. The Morgan fingerprint density at radius 2 is 2.03 bits per heavy atom. The molecule has 1 heterocycles. The van der Waals surface area contributed by atoms with E-state index in [-0.39, 0.29) is 18.3 Å². The van der Waals surface area contributed by atoms with Gasteiger partial charge in [0.1, 0.15) is 11.6 Å². The zero-order valence-electron chi connectivity index (χ0n) is 16.9. The first-order valence-corrected chi connectivity index (χ1v) is 9.90. The third-order valence-corrected chi connectivity index (χ3v) is 5.43. The Morgan fingerprint density at radius 1 is 1.28 bits per heavy atom. The number of rotatable bonds is 7. The Labute approximate surface area is 170 Å². The first-order chi connectivity index (χ1) is 13.9. The Hall–Kier alpha value is -2.44. The van der Waals surface area contributed by atoms with Gasteiger partial charge in [-0.3, -0.25) is 4.79 Å². The van der Waals surface area contributed by atoms with Gasteiger partial charge in [-0.05, 0) is 55.5 Å². The normalized spacial score (nSPS) is 16.8. The van der Waals surface area contributed by atoms with E-state index in [1.165, 1.54) is 12.1 Å². The summed E-state index contributed by atoms with van der Waals surface area (Å²) in [4.78, 5) is 13.0. The minimum absolute atomic E-state index is 0.0598. The average molecular weight is 401 g/mol. The number of benzene rings is 2. The number of nitrogens with one attached hydrogen (secondary N) is 1. The van der Waals surface area contributed by atoms with Gasteiger partial charge < -0.3 is 19.9 Å². The van der Waals surface area contributed by atoms with Crippen molar-refractivity contribution >= 4 is 5.91 Å². The fourth-order valence-corrected chi connectivity index (χ4v) is 3.82. The molecule has 0 spiro atoms. The molecule has 0 aromatic heterocycles. The van der Waals surface area contributed by atoms with Crippen LogP contribution in [0.5, 0.6) is 5.75 Å². The predicted octanol–water partition coefficient (Wildman–Crippen LogP) is 3.34. The summed E-state index contributed by atoms with van der Waals surface area (Å²) in [5.74, 6) is 0.207. The van der Waals surface area contributed by atoms with E-state index in [1.807, 2.05) is 24.3 Å². The largest absolute Gasteiger partial charge is 0.496 e. The van der Waals surface area contributed by atoms with E-state index in [4.69, 9.17) is 9.47 Å². The first kappa shape index (κ1) is 21.3. The fourth-order valence-electron chi connectivity index (χ4n) is 3.82. The Balaban J connectivity index is 1.89. The van der Waals surface area contributed by atoms with Crippen molar-refractivity contribution in [3.8, 4) is 16.9 Å². The lowest BCUT2D eigenvalue weighted by Gasteiger charge is -2.36. The maximum atomic E-state index is 13.8. The molecule has 2 aromatic rings. The van der Waals surface area contributed by atoms with Gasteiger partial charge in [0.05, 0.1) is 18.6 Å². The number of aliphatic hydroxyl groups excluding tert-OH is 1. The van der Waals surface area contributed by atoms with Crippen LogP contribution in [0.25, 0.3) is 11.1 Å². The molecule has 0 radical (unpaired) electrons. The number of methoxy groups -OCH3 is 1. The highest BCUT2D eigenvalue weighted by Crippen LogP contribution is 2.37. The Bertz CT molecular complexity index is 847. The summed E-state index contributed by atoms with van der Waals surface area (Å²) < 4.78 is 24.7. The second kappa shape index (κ2) is 9.37. The number of amides is 1. The highest BCUT2D eigenvalue weighted by atomic mass is 19.1. The monoisotopic (exact) mass is 401 g/mol. The van der Waals surface area contributed by atoms with Gasteiger partial charge in [0.2, 0.25) is 5.91 Å². The molecule has 29 heavy (non-hydrogen) atoms. The topological polar surface area (TPSA) is 67.8 Å². The minimum atomic E-state index is -0.598. The Kier molecular flexibility index (Phi) is 6.87. The summed E-state index contributed by atoms with van der Waals surface area (Å²) in [6.45, 7) is 2.92. The van der Waals surface area contributed by atoms with E-state index >= 15 is 0 Å². The molecule has 1 aliphatic heterocycles. The molecule has 0 saturated carbocycles. The number of aliphatic hydroxyl groups is 1. The minimum Gasteiger partial charge on any atom is -0.496 e. The molecule has 1 atom stereocenters. The van der Waals surface area contributed by atoms with Crippen LogP contribution in [0, 0.1) is 11.2 Å². The number of hydrogen-bond acceptors (Lipinski definition) is 4. The molecular formula is C23H28FNO4. The highest BCUT2D eigenvalue weighted by molar-refractivity contribution is 5.83. The number of carbonyl (C=O) groups excluding carboxylic acids is 1. The van der Waals surface area contributed by atoms with E-state index in [0.29, 0.717) is 43.8 Å². The third-order valence-electron chi connectivity index (χ3n) is 5.43. The van der Waals surface area contributed by atoms with E-state index in [0.717, 1.165) is 11.1 Å². The van der Waals surface area contributed by atoms with Crippen LogP contribution in [0.4, 0.5) is 4.39 Å². The Morgan fingerprint density at radius 3 is 2.72 bits per heavy atom. The van der Waals surface area contributed by atoms with Crippen molar-refractivity contribution in [2.24, 2.45) is 5.41 Å². The van der Waals surface area contributed by atoms with Gasteiger partial charge in [-0.1, -0.05) is 24.3 Å². The van der Waals surface area contributed by atoms with Gasteiger partial charge in [-0.15, -0.1) is 0 Å². The van der Waals surface area contributed by atoms with Crippen molar-refractivity contribution in [2.45, 2.75) is 32.3 Å². The van der Waals surface area contributed by atoms with Gasteiger partial charge in [0.25, 0.3) is 0 Å². The molecule has 0 unspecified atom stereocenters. The number of carbonyl (C=O) groups is 1. The van der Waals surface area contributed by atoms with Crippen LogP contribution in [0.3, 0.4) is 0 Å². The zero-order chi connectivity index (χ0) is 20.9. The molecule has 2 N–H and O–H groups in total. The number of hydrogen-bond donors (Lipinski definition) is 2. The maximum Gasteiger partial charge on any atom is 0.226 e. The molecule has 1 amide bonds. The van der Waals surface area contributed by atoms with Crippen LogP contribution in [-0.2, 0) is 16.0 Å².